The second-order valence-corrected chi connectivity index (χ2v) is 4.92. The molecule has 0 saturated carbocycles. The van der Waals surface area contributed by atoms with Crippen LogP contribution in [0.1, 0.15) is 5.69 Å². The molecule has 0 aliphatic carbocycles. The maximum Gasteiger partial charge on any atom is 0.325 e. The highest BCUT2D eigenvalue weighted by Gasteiger charge is 2.18. The van der Waals surface area contributed by atoms with Crippen LogP contribution < -0.4 is 0 Å². The van der Waals surface area contributed by atoms with Crippen molar-refractivity contribution in [2.24, 2.45) is 0 Å². The van der Waals surface area contributed by atoms with Gasteiger partial charge >= 0.3 is 5.97 Å². The van der Waals surface area contributed by atoms with E-state index in [1.165, 1.54) is 13.2 Å². The Bertz CT molecular complexity index is 838. The lowest BCUT2D eigenvalue weighted by atomic mass is 10.1. The van der Waals surface area contributed by atoms with Gasteiger partial charge in [-0.15, -0.1) is 10.2 Å². The number of carbonyl (C=O) groups is 1. The van der Waals surface area contributed by atoms with Crippen LogP contribution >= 0.6 is 0 Å². The highest BCUT2D eigenvalue weighted by molar-refractivity contribution is 5.97. The summed E-state index contributed by atoms with van der Waals surface area (Å²) >= 11 is 0. The molecule has 0 unspecified atom stereocenters. The van der Waals surface area contributed by atoms with E-state index in [1.54, 1.807) is 6.07 Å². The summed E-state index contributed by atoms with van der Waals surface area (Å²) in [4.78, 5) is 11.7. The molecule has 2 heterocycles. The molecule has 0 atom stereocenters. The minimum absolute atomic E-state index is 0.125. The normalized spacial score (nSPS) is 10.8. The van der Waals surface area contributed by atoms with E-state index in [1.807, 2.05) is 35.8 Å². The summed E-state index contributed by atoms with van der Waals surface area (Å²) in [6.07, 6.45) is 0. The monoisotopic (exact) mass is 297 g/mol. The van der Waals surface area contributed by atoms with E-state index in [-0.39, 0.29) is 18.4 Å². The minimum Gasteiger partial charge on any atom is -0.492 e. The Kier molecular flexibility index (Phi) is 3.50. The largest absolute Gasteiger partial charge is 0.492 e. The predicted octanol–water partition coefficient (Wildman–Crippen LogP) is 2.29. The Labute approximate surface area is 127 Å². The van der Waals surface area contributed by atoms with Crippen molar-refractivity contribution in [1.29, 1.82) is 0 Å². The lowest BCUT2D eigenvalue weighted by molar-refractivity contribution is -0.141. The number of fused-ring (bicyclic) bond motifs is 1. The molecule has 6 heteroatoms. The van der Waals surface area contributed by atoms with Gasteiger partial charge in [0.25, 0.3) is 0 Å². The van der Waals surface area contributed by atoms with E-state index in [0.717, 1.165) is 22.2 Å². The van der Waals surface area contributed by atoms with Gasteiger partial charge in [-0.3, -0.25) is 4.79 Å². The molecule has 0 radical (unpaired) electrons. The van der Waals surface area contributed by atoms with Gasteiger partial charge in [0, 0.05) is 28.2 Å². The van der Waals surface area contributed by atoms with Gasteiger partial charge in [0.15, 0.2) is 0 Å². The standard InChI is InChI=1S/C16H15N3O3/c1-10-16(12-7-8-14(20)18-17-12)11-5-3-4-6-13(11)19(10)9-15(21)22-2/h3-8H,9H2,1-2H3,(H,18,20). The average molecular weight is 297 g/mol. The summed E-state index contributed by atoms with van der Waals surface area (Å²) in [5, 5.41) is 18.0. The molecule has 0 bridgehead atoms. The van der Waals surface area contributed by atoms with Gasteiger partial charge < -0.3 is 14.4 Å². The van der Waals surface area contributed by atoms with Gasteiger partial charge in [-0.1, -0.05) is 18.2 Å². The number of nitrogens with zero attached hydrogens (tertiary/aromatic N) is 3. The van der Waals surface area contributed by atoms with Gasteiger partial charge in [-0.2, -0.15) is 0 Å². The number of hydrogen-bond donors (Lipinski definition) is 1. The number of methoxy groups -OCH3 is 1. The lowest BCUT2D eigenvalue weighted by Gasteiger charge is -2.07. The van der Waals surface area contributed by atoms with Gasteiger partial charge in [0.05, 0.1) is 12.8 Å². The highest BCUT2D eigenvalue weighted by atomic mass is 16.5. The van der Waals surface area contributed by atoms with Crippen LogP contribution in [0.3, 0.4) is 0 Å². The summed E-state index contributed by atoms with van der Waals surface area (Å²) in [7, 11) is 1.37. The van der Waals surface area contributed by atoms with Gasteiger partial charge in [-0.25, -0.2) is 0 Å². The van der Waals surface area contributed by atoms with E-state index in [0.29, 0.717) is 5.69 Å². The summed E-state index contributed by atoms with van der Waals surface area (Å²) in [6.45, 7) is 2.06. The van der Waals surface area contributed by atoms with Crippen molar-refractivity contribution in [2.45, 2.75) is 13.5 Å². The number of benzene rings is 1. The second kappa shape index (κ2) is 5.48. The lowest BCUT2D eigenvalue weighted by Crippen LogP contribution is -2.12. The molecule has 0 spiro atoms. The fourth-order valence-corrected chi connectivity index (χ4v) is 2.61. The first-order chi connectivity index (χ1) is 10.6. The Morgan fingerprint density at radius 3 is 2.68 bits per heavy atom. The van der Waals surface area contributed by atoms with Gasteiger partial charge in [0.1, 0.15) is 6.54 Å². The molecule has 22 heavy (non-hydrogen) atoms. The van der Waals surface area contributed by atoms with Crippen LogP contribution in [0.15, 0.2) is 36.4 Å². The molecule has 0 aliphatic rings. The van der Waals surface area contributed by atoms with Crippen LogP contribution in [0.5, 0.6) is 5.88 Å². The minimum atomic E-state index is -0.313. The van der Waals surface area contributed by atoms with Crippen LogP contribution in [-0.4, -0.2) is 33.0 Å². The molecule has 1 aromatic carbocycles. The van der Waals surface area contributed by atoms with Crippen molar-refractivity contribution in [2.75, 3.05) is 7.11 Å². The average Bonchev–Trinajstić information content (AvgIpc) is 2.81. The third-order valence-corrected chi connectivity index (χ3v) is 3.65. The Hall–Kier alpha value is -2.89. The van der Waals surface area contributed by atoms with E-state index in [2.05, 4.69) is 10.2 Å². The summed E-state index contributed by atoms with van der Waals surface area (Å²) in [5.41, 5.74) is 3.36. The molecule has 112 valence electrons. The maximum atomic E-state index is 11.7. The molecule has 2 aromatic heterocycles. The second-order valence-electron chi connectivity index (χ2n) is 4.92. The van der Waals surface area contributed by atoms with Crippen molar-refractivity contribution < 1.29 is 14.6 Å². The molecule has 6 nitrogen and oxygen atoms in total. The smallest absolute Gasteiger partial charge is 0.325 e. The van der Waals surface area contributed by atoms with Crippen LogP contribution in [0.2, 0.25) is 0 Å². The molecule has 1 N–H and O–H groups in total. The fraction of sp³-hybridized carbons (Fsp3) is 0.188. The van der Waals surface area contributed by atoms with Crippen molar-refractivity contribution in [3.63, 3.8) is 0 Å². The molecular weight excluding hydrogens is 282 g/mol. The third-order valence-electron chi connectivity index (χ3n) is 3.65. The summed E-state index contributed by atoms with van der Waals surface area (Å²) < 4.78 is 6.66. The number of ether oxygens (including phenoxy) is 1. The van der Waals surface area contributed by atoms with Crippen molar-refractivity contribution in [3.8, 4) is 17.1 Å². The Balaban J connectivity index is 2.24. The first kappa shape index (κ1) is 14.1. The molecule has 0 fully saturated rings. The molecule has 0 saturated heterocycles. The summed E-state index contributed by atoms with van der Waals surface area (Å²) in [5.74, 6) is -0.438. The van der Waals surface area contributed by atoms with Crippen LogP contribution in [0.25, 0.3) is 22.2 Å². The van der Waals surface area contributed by atoms with E-state index < -0.39 is 0 Å². The van der Waals surface area contributed by atoms with E-state index >= 15 is 0 Å². The molecule has 0 aliphatic heterocycles. The first-order valence-electron chi connectivity index (χ1n) is 6.79. The van der Waals surface area contributed by atoms with Crippen LogP contribution in [0, 0.1) is 6.92 Å². The van der Waals surface area contributed by atoms with Gasteiger partial charge in [-0.05, 0) is 19.1 Å². The zero-order valence-electron chi connectivity index (χ0n) is 12.3. The molecular formula is C16H15N3O3. The van der Waals surface area contributed by atoms with E-state index in [9.17, 15) is 9.90 Å². The SMILES string of the molecule is COC(=O)Cn1c(C)c(-c2ccc(O)nn2)c2ccccc21. The third kappa shape index (κ3) is 2.28. The molecule has 3 rings (SSSR count). The number of rotatable bonds is 3. The number of hydrogen-bond acceptors (Lipinski definition) is 5. The number of aromatic hydroxyl groups is 1. The van der Waals surface area contributed by atoms with Crippen LogP contribution in [0.4, 0.5) is 0 Å². The number of carbonyl (C=O) groups excluding carboxylic acids is 1. The van der Waals surface area contributed by atoms with Gasteiger partial charge in [0.2, 0.25) is 5.88 Å². The first-order valence-corrected chi connectivity index (χ1v) is 6.79. The topological polar surface area (TPSA) is 77.2 Å². The van der Waals surface area contributed by atoms with Crippen molar-refractivity contribution >= 4 is 16.9 Å². The Morgan fingerprint density at radius 2 is 2.00 bits per heavy atom. The quantitative estimate of drug-likeness (QED) is 0.750. The number of esters is 1. The zero-order valence-corrected chi connectivity index (χ0v) is 12.3. The number of para-hydroxylation sites is 1. The van der Waals surface area contributed by atoms with Crippen LogP contribution in [-0.2, 0) is 16.1 Å². The number of aromatic nitrogens is 3. The van der Waals surface area contributed by atoms with Crippen molar-refractivity contribution in [1.82, 2.24) is 14.8 Å². The highest BCUT2D eigenvalue weighted by Crippen LogP contribution is 2.33. The fourth-order valence-electron chi connectivity index (χ4n) is 2.61. The summed E-state index contributed by atoms with van der Waals surface area (Å²) in [6, 6.07) is 11.0. The molecule has 3 aromatic rings. The maximum absolute atomic E-state index is 11.7. The molecule has 0 amide bonds. The zero-order chi connectivity index (χ0) is 15.7. The predicted molar refractivity (Wildman–Crippen MR) is 81.4 cm³/mol. The van der Waals surface area contributed by atoms with Crippen molar-refractivity contribution in [3.05, 3.63) is 42.1 Å². The Morgan fingerprint density at radius 1 is 1.23 bits per heavy atom. The van der Waals surface area contributed by atoms with E-state index in [4.69, 9.17) is 4.74 Å².